The monoisotopic (exact) mass is 250 g/mol. The van der Waals surface area contributed by atoms with Crippen molar-refractivity contribution in [3.63, 3.8) is 0 Å². The number of nitrogens with zero attached hydrogens (tertiary/aromatic N) is 1. The van der Waals surface area contributed by atoms with Gasteiger partial charge in [0.25, 0.3) is 0 Å². The molecule has 0 saturated carbocycles. The third-order valence-corrected chi connectivity index (χ3v) is 4.06. The van der Waals surface area contributed by atoms with Gasteiger partial charge in [0.15, 0.2) is 0 Å². The minimum Gasteiger partial charge on any atom is -0.323 e. The van der Waals surface area contributed by atoms with Gasteiger partial charge >= 0.3 is 0 Å². The van der Waals surface area contributed by atoms with Gasteiger partial charge in [-0.1, -0.05) is 26.0 Å². The van der Waals surface area contributed by atoms with Crippen molar-refractivity contribution in [2.45, 2.75) is 39.3 Å². The highest BCUT2D eigenvalue weighted by molar-refractivity contribution is 5.21. The maximum absolute atomic E-state index is 12.9. The van der Waals surface area contributed by atoms with Gasteiger partial charge in [-0.3, -0.25) is 4.90 Å². The van der Waals surface area contributed by atoms with Gasteiger partial charge in [-0.25, -0.2) is 4.39 Å². The average molecular weight is 250 g/mol. The first-order valence-corrected chi connectivity index (χ1v) is 6.64. The maximum atomic E-state index is 12.9. The van der Waals surface area contributed by atoms with Gasteiger partial charge in [-0.05, 0) is 43.0 Å². The second kappa shape index (κ2) is 4.98. The maximum Gasteiger partial charge on any atom is 0.123 e. The molecule has 0 aromatic heterocycles. The lowest BCUT2D eigenvalue weighted by Gasteiger charge is -2.30. The zero-order valence-corrected chi connectivity index (χ0v) is 11.5. The predicted molar refractivity (Wildman–Crippen MR) is 72.8 cm³/mol. The summed E-state index contributed by atoms with van der Waals surface area (Å²) in [6.45, 7) is 8.94. The Bertz CT molecular complexity index is 399. The van der Waals surface area contributed by atoms with E-state index in [2.05, 4.69) is 25.7 Å². The third-order valence-electron chi connectivity index (χ3n) is 4.06. The standard InChI is InChI=1S/C15H23FN2/c1-11(18-9-8-15(2,3)10-18)14(17)12-4-6-13(16)7-5-12/h4-7,11,14H,8-10,17H2,1-3H3. The van der Waals surface area contributed by atoms with Crippen LogP contribution in [-0.2, 0) is 0 Å². The highest BCUT2D eigenvalue weighted by Crippen LogP contribution is 2.32. The molecule has 1 fully saturated rings. The molecule has 0 amide bonds. The molecule has 2 nitrogen and oxygen atoms in total. The molecule has 2 atom stereocenters. The Balaban J connectivity index is 2.05. The number of nitrogens with two attached hydrogens (primary N) is 1. The van der Waals surface area contributed by atoms with Gasteiger partial charge in [-0.15, -0.1) is 0 Å². The molecule has 3 heteroatoms. The second-order valence-corrected chi connectivity index (χ2v) is 6.20. The molecule has 1 saturated heterocycles. The number of likely N-dealkylation sites (tertiary alicyclic amines) is 1. The zero-order valence-electron chi connectivity index (χ0n) is 11.5. The smallest absolute Gasteiger partial charge is 0.123 e. The van der Waals surface area contributed by atoms with Gasteiger partial charge in [0, 0.05) is 18.6 Å². The molecule has 1 aliphatic rings. The Hall–Kier alpha value is -0.930. The van der Waals surface area contributed by atoms with Crippen molar-refractivity contribution in [3.8, 4) is 0 Å². The summed E-state index contributed by atoms with van der Waals surface area (Å²) in [4.78, 5) is 2.44. The molecule has 100 valence electrons. The first-order valence-electron chi connectivity index (χ1n) is 6.64. The van der Waals surface area contributed by atoms with Gasteiger partial charge in [0.2, 0.25) is 0 Å². The molecular weight excluding hydrogens is 227 g/mol. The van der Waals surface area contributed by atoms with Crippen LogP contribution in [0.4, 0.5) is 4.39 Å². The summed E-state index contributed by atoms with van der Waals surface area (Å²) in [5.41, 5.74) is 7.69. The molecule has 0 aliphatic carbocycles. The van der Waals surface area contributed by atoms with Crippen molar-refractivity contribution >= 4 is 0 Å². The van der Waals surface area contributed by atoms with Gasteiger partial charge in [-0.2, -0.15) is 0 Å². The molecule has 1 aromatic carbocycles. The van der Waals surface area contributed by atoms with Crippen molar-refractivity contribution in [1.29, 1.82) is 0 Å². The van der Waals surface area contributed by atoms with Crippen LogP contribution in [0.2, 0.25) is 0 Å². The Morgan fingerprint density at radius 2 is 1.89 bits per heavy atom. The summed E-state index contributed by atoms with van der Waals surface area (Å²) in [5, 5.41) is 0. The third kappa shape index (κ3) is 2.90. The first-order chi connectivity index (χ1) is 8.39. The van der Waals surface area contributed by atoms with Crippen molar-refractivity contribution in [2.24, 2.45) is 11.1 Å². The van der Waals surface area contributed by atoms with Crippen molar-refractivity contribution in [3.05, 3.63) is 35.6 Å². The number of hydrogen-bond donors (Lipinski definition) is 1. The summed E-state index contributed by atoms with van der Waals surface area (Å²) in [5.74, 6) is -0.207. The van der Waals surface area contributed by atoms with Crippen LogP contribution in [0.1, 0.15) is 38.8 Å². The van der Waals surface area contributed by atoms with Gasteiger partial charge < -0.3 is 5.73 Å². The summed E-state index contributed by atoms with van der Waals surface area (Å²) >= 11 is 0. The second-order valence-electron chi connectivity index (χ2n) is 6.20. The lowest BCUT2D eigenvalue weighted by Crippen LogP contribution is -2.40. The van der Waals surface area contributed by atoms with E-state index in [0.717, 1.165) is 18.7 Å². The normalized spacial score (nSPS) is 22.9. The van der Waals surface area contributed by atoms with Crippen molar-refractivity contribution in [2.75, 3.05) is 13.1 Å². The van der Waals surface area contributed by atoms with E-state index in [1.165, 1.54) is 18.6 Å². The molecule has 1 heterocycles. The molecule has 2 N–H and O–H groups in total. The molecule has 2 rings (SSSR count). The Labute approximate surface area is 109 Å². The fourth-order valence-electron chi connectivity index (χ4n) is 2.69. The average Bonchev–Trinajstić information content (AvgIpc) is 2.69. The van der Waals surface area contributed by atoms with Crippen LogP contribution in [-0.4, -0.2) is 24.0 Å². The van der Waals surface area contributed by atoms with Crippen molar-refractivity contribution in [1.82, 2.24) is 4.90 Å². The Morgan fingerprint density at radius 1 is 1.28 bits per heavy atom. The van der Waals surface area contributed by atoms with E-state index in [9.17, 15) is 4.39 Å². The van der Waals surface area contributed by atoms with Crippen LogP contribution >= 0.6 is 0 Å². The summed E-state index contributed by atoms with van der Waals surface area (Å²) in [6.07, 6.45) is 1.22. The Morgan fingerprint density at radius 3 is 2.39 bits per heavy atom. The fourth-order valence-corrected chi connectivity index (χ4v) is 2.69. The molecule has 1 aromatic rings. The quantitative estimate of drug-likeness (QED) is 0.893. The van der Waals surface area contributed by atoms with E-state index < -0.39 is 0 Å². The molecule has 0 bridgehead atoms. The zero-order chi connectivity index (χ0) is 13.3. The summed E-state index contributed by atoms with van der Waals surface area (Å²) in [7, 11) is 0. The number of benzene rings is 1. The number of rotatable bonds is 3. The summed E-state index contributed by atoms with van der Waals surface area (Å²) in [6, 6.07) is 6.78. The SMILES string of the molecule is CC(C(N)c1ccc(F)cc1)N1CCC(C)(C)C1. The fraction of sp³-hybridized carbons (Fsp3) is 0.600. The van der Waals surface area contributed by atoms with Crippen LogP contribution < -0.4 is 5.73 Å². The van der Waals surface area contributed by atoms with Crippen LogP contribution in [0, 0.1) is 11.2 Å². The minimum atomic E-state index is -0.207. The van der Waals surface area contributed by atoms with E-state index in [1.54, 1.807) is 12.1 Å². The van der Waals surface area contributed by atoms with Gasteiger partial charge in [0.1, 0.15) is 5.82 Å². The van der Waals surface area contributed by atoms with Crippen LogP contribution in [0.3, 0.4) is 0 Å². The highest BCUT2D eigenvalue weighted by Gasteiger charge is 2.33. The Kier molecular flexibility index (Phi) is 3.74. The number of hydrogen-bond acceptors (Lipinski definition) is 2. The lowest BCUT2D eigenvalue weighted by molar-refractivity contribution is 0.204. The topological polar surface area (TPSA) is 29.3 Å². The predicted octanol–water partition coefficient (Wildman–Crippen LogP) is 2.95. The molecule has 0 radical (unpaired) electrons. The van der Waals surface area contributed by atoms with Gasteiger partial charge in [0.05, 0.1) is 0 Å². The largest absolute Gasteiger partial charge is 0.323 e. The molecule has 1 aliphatic heterocycles. The number of halogens is 1. The summed E-state index contributed by atoms with van der Waals surface area (Å²) < 4.78 is 12.9. The molecule has 0 spiro atoms. The van der Waals surface area contributed by atoms with E-state index in [1.807, 2.05) is 0 Å². The van der Waals surface area contributed by atoms with Crippen molar-refractivity contribution < 1.29 is 4.39 Å². The molecule has 18 heavy (non-hydrogen) atoms. The van der Waals surface area contributed by atoms with E-state index in [4.69, 9.17) is 5.73 Å². The highest BCUT2D eigenvalue weighted by atomic mass is 19.1. The first kappa shape index (κ1) is 13.5. The van der Waals surface area contributed by atoms with E-state index >= 15 is 0 Å². The molecular formula is C15H23FN2. The minimum absolute atomic E-state index is 0.0560. The van der Waals surface area contributed by atoms with E-state index in [-0.39, 0.29) is 17.9 Å². The van der Waals surface area contributed by atoms with Crippen LogP contribution in [0.25, 0.3) is 0 Å². The van der Waals surface area contributed by atoms with Crippen LogP contribution in [0.15, 0.2) is 24.3 Å². The van der Waals surface area contributed by atoms with E-state index in [0.29, 0.717) is 5.41 Å². The van der Waals surface area contributed by atoms with Crippen LogP contribution in [0.5, 0.6) is 0 Å². The lowest BCUT2D eigenvalue weighted by atomic mass is 9.93. The molecule has 2 unspecified atom stereocenters.